The third-order valence-corrected chi connectivity index (χ3v) is 2.77. The molecule has 0 fully saturated rings. The van der Waals surface area contributed by atoms with Crippen LogP contribution in [0, 0.1) is 12.3 Å². The topological polar surface area (TPSA) is 32.3 Å². The first-order valence-corrected chi connectivity index (χ1v) is 5.00. The van der Waals surface area contributed by atoms with Gasteiger partial charge in [0.25, 0.3) is 0 Å². The predicted molar refractivity (Wildman–Crippen MR) is 55.9 cm³/mol. The molecule has 1 heterocycles. The lowest BCUT2D eigenvalue weighted by Crippen LogP contribution is -2.29. The molecule has 0 aromatic carbocycles. The van der Waals surface area contributed by atoms with Crippen molar-refractivity contribution in [2.45, 2.75) is 12.6 Å². The number of hydrogen-bond donors (Lipinski definition) is 2. The lowest BCUT2D eigenvalue weighted by atomic mass is 10.3. The van der Waals surface area contributed by atoms with Gasteiger partial charge in [-0.25, -0.2) is 0 Å². The Morgan fingerprint density at radius 3 is 2.92 bits per heavy atom. The molecule has 0 amide bonds. The molecule has 4 heteroatoms. The van der Waals surface area contributed by atoms with Crippen LogP contribution in [0.25, 0.3) is 0 Å². The van der Waals surface area contributed by atoms with Gasteiger partial charge < -0.3 is 5.11 Å². The first-order chi connectivity index (χ1) is 6.26. The summed E-state index contributed by atoms with van der Waals surface area (Å²) in [5.74, 6) is 2.44. The van der Waals surface area contributed by atoms with Crippen LogP contribution < -0.4 is 5.32 Å². The molecule has 1 aromatic heterocycles. The molecule has 1 rings (SSSR count). The molecule has 0 aliphatic rings. The molecule has 0 spiro atoms. The summed E-state index contributed by atoms with van der Waals surface area (Å²) in [5, 5.41) is 11.8. The number of aliphatic hydroxyl groups is 1. The smallest absolute Gasteiger partial charge is 0.0931 e. The second-order valence-corrected chi connectivity index (χ2v) is 4.29. The molecular formula is C9H10ClNOS. The summed E-state index contributed by atoms with van der Waals surface area (Å²) >= 11 is 7.25. The molecule has 0 aliphatic heterocycles. The minimum atomic E-state index is -0.277. The van der Waals surface area contributed by atoms with E-state index in [4.69, 9.17) is 23.1 Å². The van der Waals surface area contributed by atoms with Crippen molar-refractivity contribution in [2.24, 2.45) is 0 Å². The Balaban J connectivity index is 2.39. The number of nitrogens with one attached hydrogen (secondary N) is 1. The zero-order chi connectivity index (χ0) is 9.68. The van der Waals surface area contributed by atoms with Crippen LogP contribution in [0.2, 0.25) is 4.34 Å². The van der Waals surface area contributed by atoms with E-state index < -0.39 is 0 Å². The molecule has 2 nitrogen and oxygen atoms in total. The van der Waals surface area contributed by atoms with E-state index in [9.17, 15) is 0 Å². The van der Waals surface area contributed by atoms with Crippen LogP contribution in [-0.2, 0) is 6.54 Å². The van der Waals surface area contributed by atoms with Gasteiger partial charge >= 0.3 is 0 Å². The fraction of sp³-hybridized carbons (Fsp3) is 0.333. The van der Waals surface area contributed by atoms with Crippen molar-refractivity contribution in [3.05, 3.63) is 21.3 Å². The summed E-state index contributed by atoms with van der Waals surface area (Å²) in [6.45, 7) is 0.600. The summed E-state index contributed by atoms with van der Waals surface area (Å²) in [6.07, 6.45) is 5.16. The Hall–Kier alpha value is -0.530. The van der Waals surface area contributed by atoms with E-state index in [1.807, 2.05) is 12.1 Å². The maximum Gasteiger partial charge on any atom is 0.0931 e. The number of terminal acetylenes is 1. The minimum absolute atomic E-state index is 0.0460. The molecule has 2 N–H and O–H groups in total. The average Bonchev–Trinajstić information content (AvgIpc) is 2.53. The van der Waals surface area contributed by atoms with E-state index in [0.29, 0.717) is 6.54 Å². The van der Waals surface area contributed by atoms with Crippen LogP contribution in [0.3, 0.4) is 0 Å². The number of rotatable bonds is 4. The molecule has 0 aliphatic carbocycles. The van der Waals surface area contributed by atoms with Gasteiger partial charge in [0.1, 0.15) is 0 Å². The standard InChI is InChI=1S/C9H10ClNOS/c1-2-7(6-12)11-5-8-3-4-9(10)13-8/h1,3-4,7,11-12H,5-6H2. The molecule has 1 atom stereocenters. The summed E-state index contributed by atoms with van der Waals surface area (Å²) < 4.78 is 0.762. The zero-order valence-electron chi connectivity index (χ0n) is 6.96. The van der Waals surface area contributed by atoms with Gasteiger partial charge in [-0.15, -0.1) is 17.8 Å². The van der Waals surface area contributed by atoms with Gasteiger partial charge in [0, 0.05) is 11.4 Å². The summed E-state index contributed by atoms with van der Waals surface area (Å²) in [7, 11) is 0. The Morgan fingerprint density at radius 1 is 1.69 bits per heavy atom. The quantitative estimate of drug-likeness (QED) is 0.746. The molecule has 1 unspecified atom stereocenters. The van der Waals surface area contributed by atoms with Gasteiger partial charge in [0.2, 0.25) is 0 Å². The van der Waals surface area contributed by atoms with Gasteiger partial charge in [-0.05, 0) is 12.1 Å². The Morgan fingerprint density at radius 2 is 2.46 bits per heavy atom. The lowest BCUT2D eigenvalue weighted by Gasteiger charge is -2.07. The van der Waals surface area contributed by atoms with Crippen LogP contribution >= 0.6 is 22.9 Å². The molecule has 0 saturated carbocycles. The normalized spacial score (nSPS) is 12.4. The van der Waals surface area contributed by atoms with Crippen molar-refractivity contribution in [3.63, 3.8) is 0 Å². The number of thiophene rings is 1. The Labute approximate surface area is 86.5 Å². The van der Waals surface area contributed by atoms with E-state index in [1.165, 1.54) is 11.3 Å². The van der Waals surface area contributed by atoms with Crippen molar-refractivity contribution in [2.75, 3.05) is 6.61 Å². The number of hydrogen-bond acceptors (Lipinski definition) is 3. The fourth-order valence-electron chi connectivity index (χ4n) is 0.847. The van der Waals surface area contributed by atoms with Gasteiger partial charge in [-0.2, -0.15) is 0 Å². The lowest BCUT2D eigenvalue weighted by molar-refractivity contribution is 0.268. The van der Waals surface area contributed by atoms with Gasteiger partial charge in [0.05, 0.1) is 17.0 Å². The van der Waals surface area contributed by atoms with E-state index in [-0.39, 0.29) is 12.6 Å². The van der Waals surface area contributed by atoms with Crippen molar-refractivity contribution in [1.82, 2.24) is 5.32 Å². The third kappa shape index (κ3) is 3.37. The van der Waals surface area contributed by atoms with E-state index in [0.717, 1.165) is 9.21 Å². The first-order valence-electron chi connectivity index (χ1n) is 3.81. The van der Waals surface area contributed by atoms with E-state index in [2.05, 4.69) is 11.2 Å². The molecule has 70 valence electrons. The fourth-order valence-corrected chi connectivity index (χ4v) is 1.89. The number of aliphatic hydroxyl groups excluding tert-OH is 1. The molecule has 0 radical (unpaired) electrons. The predicted octanol–water partition coefficient (Wildman–Crippen LogP) is 1.49. The summed E-state index contributed by atoms with van der Waals surface area (Å²) in [6, 6.07) is 3.50. The second kappa shape index (κ2) is 5.25. The summed E-state index contributed by atoms with van der Waals surface area (Å²) in [5.41, 5.74) is 0. The molecule has 0 saturated heterocycles. The monoisotopic (exact) mass is 215 g/mol. The molecule has 13 heavy (non-hydrogen) atoms. The van der Waals surface area contributed by atoms with Crippen LogP contribution in [0.1, 0.15) is 4.88 Å². The highest BCUT2D eigenvalue weighted by molar-refractivity contribution is 7.16. The maximum atomic E-state index is 8.78. The van der Waals surface area contributed by atoms with Crippen LogP contribution in [-0.4, -0.2) is 17.8 Å². The Kier molecular flexibility index (Phi) is 4.26. The van der Waals surface area contributed by atoms with E-state index >= 15 is 0 Å². The number of halogens is 1. The molecular weight excluding hydrogens is 206 g/mol. The third-order valence-electron chi connectivity index (χ3n) is 1.54. The van der Waals surface area contributed by atoms with Gasteiger partial charge in [-0.1, -0.05) is 17.5 Å². The maximum absolute atomic E-state index is 8.78. The molecule has 1 aromatic rings. The van der Waals surface area contributed by atoms with Crippen LogP contribution in [0.15, 0.2) is 12.1 Å². The second-order valence-electron chi connectivity index (χ2n) is 2.49. The highest BCUT2D eigenvalue weighted by Gasteiger charge is 2.03. The van der Waals surface area contributed by atoms with Crippen molar-refractivity contribution in [1.29, 1.82) is 0 Å². The Bertz CT molecular complexity index is 305. The SMILES string of the molecule is C#CC(CO)NCc1ccc(Cl)s1. The zero-order valence-corrected chi connectivity index (χ0v) is 8.53. The highest BCUT2D eigenvalue weighted by atomic mass is 35.5. The van der Waals surface area contributed by atoms with Crippen molar-refractivity contribution < 1.29 is 5.11 Å². The summed E-state index contributed by atoms with van der Waals surface area (Å²) in [4.78, 5) is 1.11. The molecule has 0 bridgehead atoms. The van der Waals surface area contributed by atoms with Crippen LogP contribution in [0.5, 0.6) is 0 Å². The first kappa shape index (κ1) is 10.6. The minimum Gasteiger partial charge on any atom is -0.394 e. The van der Waals surface area contributed by atoms with Gasteiger partial charge in [-0.3, -0.25) is 5.32 Å². The van der Waals surface area contributed by atoms with E-state index in [1.54, 1.807) is 0 Å². The van der Waals surface area contributed by atoms with Crippen LogP contribution in [0.4, 0.5) is 0 Å². The average molecular weight is 216 g/mol. The highest BCUT2D eigenvalue weighted by Crippen LogP contribution is 2.20. The largest absolute Gasteiger partial charge is 0.394 e. The van der Waals surface area contributed by atoms with Crippen molar-refractivity contribution >= 4 is 22.9 Å². The van der Waals surface area contributed by atoms with Gasteiger partial charge in [0.15, 0.2) is 0 Å². The van der Waals surface area contributed by atoms with Crippen molar-refractivity contribution in [3.8, 4) is 12.3 Å².